The lowest BCUT2D eigenvalue weighted by atomic mass is 10.1. The molecule has 1 aromatic heterocycles. The molecule has 0 aliphatic carbocycles. The Morgan fingerprint density at radius 3 is 2.23 bits per heavy atom. The molecule has 0 atom stereocenters. The molecule has 7 heteroatoms. The Labute approximate surface area is 180 Å². The zero-order valence-electron chi connectivity index (χ0n) is 16.3. The number of piperazine rings is 1. The summed E-state index contributed by atoms with van der Waals surface area (Å²) in [6.45, 7) is 2.72. The molecule has 3 aromatic rings. The van der Waals surface area contributed by atoms with Crippen LogP contribution in [-0.2, 0) is 0 Å². The molecule has 152 valence electrons. The van der Waals surface area contributed by atoms with Crippen molar-refractivity contribution in [3.05, 3.63) is 89.2 Å². The number of amides is 2. The van der Waals surface area contributed by atoms with Gasteiger partial charge in [0, 0.05) is 43.8 Å². The van der Waals surface area contributed by atoms with Gasteiger partial charge in [-0.05, 0) is 48.5 Å². The van der Waals surface area contributed by atoms with Crippen LogP contribution in [0, 0.1) is 0 Å². The summed E-state index contributed by atoms with van der Waals surface area (Å²) in [6.07, 6.45) is 1.59. The predicted octanol–water partition coefficient (Wildman–Crippen LogP) is 3.95. The second-order valence-corrected chi connectivity index (χ2v) is 7.38. The topological polar surface area (TPSA) is 65.5 Å². The number of pyridine rings is 1. The molecule has 1 aliphatic heterocycles. The first-order chi connectivity index (χ1) is 14.6. The number of nitrogens with zero attached hydrogens (tertiary/aromatic N) is 3. The molecule has 2 heterocycles. The van der Waals surface area contributed by atoms with E-state index in [1.807, 2.05) is 41.3 Å². The van der Waals surface area contributed by atoms with E-state index in [9.17, 15) is 9.59 Å². The van der Waals surface area contributed by atoms with Crippen LogP contribution >= 0.6 is 11.6 Å². The summed E-state index contributed by atoms with van der Waals surface area (Å²) in [5.41, 5.74) is 2.68. The van der Waals surface area contributed by atoms with Crippen molar-refractivity contribution >= 4 is 34.8 Å². The van der Waals surface area contributed by atoms with Crippen molar-refractivity contribution < 1.29 is 9.59 Å². The van der Waals surface area contributed by atoms with E-state index in [0.717, 1.165) is 18.8 Å². The second kappa shape index (κ2) is 8.97. The second-order valence-electron chi connectivity index (χ2n) is 6.98. The maximum Gasteiger partial charge on any atom is 0.274 e. The van der Waals surface area contributed by atoms with Gasteiger partial charge in [-0.2, -0.15) is 0 Å². The quantitative estimate of drug-likeness (QED) is 0.694. The summed E-state index contributed by atoms with van der Waals surface area (Å²) >= 11 is 6.16. The fourth-order valence-corrected chi connectivity index (χ4v) is 3.64. The van der Waals surface area contributed by atoms with Gasteiger partial charge in [-0.3, -0.25) is 14.6 Å². The van der Waals surface area contributed by atoms with Gasteiger partial charge in [-0.1, -0.05) is 29.8 Å². The number of aromatic nitrogens is 1. The zero-order chi connectivity index (χ0) is 20.9. The normalized spacial score (nSPS) is 13.8. The number of benzene rings is 2. The Hall–Kier alpha value is -3.38. The van der Waals surface area contributed by atoms with E-state index < -0.39 is 0 Å². The maximum absolute atomic E-state index is 12.7. The summed E-state index contributed by atoms with van der Waals surface area (Å²) in [7, 11) is 0. The van der Waals surface area contributed by atoms with Gasteiger partial charge in [0.25, 0.3) is 11.8 Å². The lowest BCUT2D eigenvalue weighted by Gasteiger charge is -2.36. The maximum atomic E-state index is 12.7. The van der Waals surface area contributed by atoms with Gasteiger partial charge in [0.1, 0.15) is 5.69 Å². The van der Waals surface area contributed by atoms with E-state index in [-0.39, 0.29) is 11.8 Å². The van der Waals surface area contributed by atoms with Gasteiger partial charge < -0.3 is 15.1 Å². The monoisotopic (exact) mass is 420 g/mol. The summed E-state index contributed by atoms with van der Waals surface area (Å²) < 4.78 is 0. The standard InChI is InChI=1S/C23H21ClN4O2/c24-20-6-2-1-5-19(20)23(30)28-15-13-27(14-16-28)18-10-8-17(9-11-18)26-22(29)21-7-3-4-12-25-21/h1-12H,13-16H2,(H,26,29). The molecule has 0 bridgehead atoms. The fraction of sp³-hybridized carbons (Fsp3) is 0.174. The lowest BCUT2D eigenvalue weighted by Crippen LogP contribution is -2.48. The molecule has 6 nitrogen and oxygen atoms in total. The third-order valence-corrected chi connectivity index (χ3v) is 5.39. The Morgan fingerprint density at radius 2 is 1.57 bits per heavy atom. The highest BCUT2D eigenvalue weighted by Crippen LogP contribution is 2.22. The minimum Gasteiger partial charge on any atom is -0.368 e. The van der Waals surface area contributed by atoms with Crippen LogP contribution in [0.5, 0.6) is 0 Å². The number of carbonyl (C=O) groups is 2. The van der Waals surface area contributed by atoms with E-state index in [4.69, 9.17) is 11.6 Å². The number of rotatable bonds is 4. The molecule has 0 spiro atoms. The van der Waals surface area contributed by atoms with Crippen molar-refractivity contribution in [1.29, 1.82) is 0 Å². The van der Waals surface area contributed by atoms with Crippen LogP contribution in [-0.4, -0.2) is 47.9 Å². The first-order valence-electron chi connectivity index (χ1n) is 9.73. The molecule has 1 aliphatic rings. The van der Waals surface area contributed by atoms with Crippen LogP contribution < -0.4 is 10.2 Å². The Morgan fingerprint density at radius 1 is 0.867 bits per heavy atom. The van der Waals surface area contributed by atoms with E-state index in [0.29, 0.717) is 35.1 Å². The smallest absolute Gasteiger partial charge is 0.274 e. The summed E-state index contributed by atoms with van der Waals surface area (Å²) in [4.78, 5) is 33.0. The average molecular weight is 421 g/mol. The Bertz CT molecular complexity index is 1030. The number of hydrogen-bond acceptors (Lipinski definition) is 4. The fourth-order valence-electron chi connectivity index (χ4n) is 3.42. The highest BCUT2D eigenvalue weighted by atomic mass is 35.5. The van der Waals surface area contributed by atoms with E-state index in [1.165, 1.54) is 0 Å². The number of anilines is 2. The third-order valence-electron chi connectivity index (χ3n) is 5.06. The molecule has 1 saturated heterocycles. The molecule has 2 amide bonds. The van der Waals surface area contributed by atoms with Gasteiger partial charge in [-0.15, -0.1) is 0 Å². The van der Waals surface area contributed by atoms with Gasteiger partial charge in [0.15, 0.2) is 0 Å². The van der Waals surface area contributed by atoms with E-state index in [1.54, 1.807) is 36.5 Å². The molecule has 0 saturated carbocycles. The Balaban J connectivity index is 1.34. The molecule has 0 radical (unpaired) electrons. The zero-order valence-corrected chi connectivity index (χ0v) is 17.0. The van der Waals surface area contributed by atoms with Crippen molar-refractivity contribution in [2.45, 2.75) is 0 Å². The van der Waals surface area contributed by atoms with Crippen LogP contribution in [0.1, 0.15) is 20.8 Å². The molecular formula is C23H21ClN4O2. The molecule has 2 aromatic carbocycles. The SMILES string of the molecule is O=C(Nc1ccc(N2CCN(C(=O)c3ccccc3Cl)CC2)cc1)c1ccccn1. The van der Waals surface area contributed by atoms with Crippen molar-refractivity contribution in [3.8, 4) is 0 Å². The van der Waals surface area contributed by atoms with Gasteiger partial charge in [-0.25, -0.2) is 0 Å². The first kappa shape index (κ1) is 19.9. The predicted molar refractivity (Wildman–Crippen MR) is 118 cm³/mol. The van der Waals surface area contributed by atoms with Crippen LogP contribution in [0.25, 0.3) is 0 Å². The summed E-state index contributed by atoms with van der Waals surface area (Å²) in [5, 5.41) is 3.33. The third kappa shape index (κ3) is 4.44. The number of hydrogen-bond donors (Lipinski definition) is 1. The minimum atomic E-state index is -0.241. The summed E-state index contributed by atoms with van der Waals surface area (Å²) in [5.74, 6) is -0.275. The van der Waals surface area contributed by atoms with Gasteiger partial charge in [0.2, 0.25) is 0 Å². The van der Waals surface area contributed by atoms with Crippen molar-refractivity contribution in [2.24, 2.45) is 0 Å². The summed E-state index contributed by atoms with van der Waals surface area (Å²) in [6, 6.07) is 20.0. The van der Waals surface area contributed by atoms with Gasteiger partial charge in [0.05, 0.1) is 10.6 Å². The minimum absolute atomic E-state index is 0.0344. The van der Waals surface area contributed by atoms with Gasteiger partial charge >= 0.3 is 0 Å². The van der Waals surface area contributed by atoms with E-state index in [2.05, 4.69) is 15.2 Å². The van der Waals surface area contributed by atoms with Crippen LogP contribution in [0.4, 0.5) is 11.4 Å². The molecule has 0 unspecified atom stereocenters. The number of halogens is 1. The van der Waals surface area contributed by atoms with Crippen LogP contribution in [0.3, 0.4) is 0 Å². The highest BCUT2D eigenvalue weighted by molar-refractivity contribution is 6.33. The molecule has 30 heavy (non-hydrogen) atoms. The molecule has 1 N–H and O–H groups in total. The highest BCUT2D eigenvalue weighted by Gasteiger charge is 2.23. The number of carbonyl (C=O) groups excluding carboxylic acids is 2. The largest absolute Gasteiger partial charge is 0.368 e. The van der Waals surface area contributed by atoms with Crippen LogP contribution in [0.2, 0.25) is 5.02 Å². The van der Waals surface area contributed by atoms with E-state index >= 15 is 0 Å². The Kier molecular flexibility index (Phi) is 5.95. The lowest BCUT2D eigenvalue weighted by molar-refractivity contribution is 0.0747. The van der Waals surface area contributed by atoms with Crippen LogP contribution in [0.15, 0.2) is 72.9 Å². The van der Waals surface area contributed by atoms with Crippen molar-refractivity contribution in [3.63, 3.8) is 0 Å². The average Bonchev–Trinajstić information content (AvgIpc) is 2.80. The number of nitrogens with one attached hydrogen (secondary N) is 1. The first-order valence-corrected chi connectivity index (χ1v) is 10.1. The molecular weight excluding hydrogens is 400 g/mol. The molecule has 1 fully saturated rings. The molecule has 4 rings (SSSR count). The van der Waals surface area contributed by atoms with Crippen molar-refractivity contribution in [1.82, 2.24) is 9.88 Å². The van der Waals surface area contributed by atoms with Crippen molar-refractivity contribution in [2.75, 3.05) is 36.4 Å².